The van der Waals surface area contributed by atoms with Crippen LogP contribution in [-0.2, 0) is 16.6 Å². The lowest BCUT2D eigenvalue weighted by Gasteiger charge is -2.04. The molecular formula is C13H14N4O2S. The average molecular weight is 290 g/mol. The Labute approximate surface area is 117 Å². The van der Waals surface area contributed by atoms with E-state index < -0.39 is 10.0 Å². The van der Waals surface area contributed by atoms with E-state index in [1.165, 1.54) is 12.5 Å². The predicted molar refractivity (Wildman–Crippen MR) is 75.0 cm³/mol. The summed E-state index contributed by atoms with van der Waals surface area (Å²) in [4.78, 5) is 6.24. The minimum Gasteiger partial charge on any atom is -0.335 e. The first-order valence-corrected chi connectivity index (χ1v) is 7.36. The molecule has 0 radical (unpaired) electrons. The van der Waals surface area contributed by atoms with E-state index in [-0.39, 0.29) is 11.6 Å². The summed E-state index contributed by atoms with van der Waals surface area (Å²) >= 11 is 0. The van der Waals surface area contributed by atoms with Crippen LogP contribution >= 0.6 is 0 Å². The fourth-order valence-corrected chi connectivity index (χ4v) is 2.42. The van der Waals surface area contributed by atoms with Gasteiger partial charge in [0.25, 0.3) is 10.0 Å². The molecule has 0 aliphatic heterocycles. The van der Waals surface area contributed by atoms with Crippen LogP contribution in [0.2, 0.25) is 0 Å². The van der Waals surface area contributed by atoms with Gasteiger partial charge < -0.3 is 10.7 Å². The Morgan fingerprint density at radius 3 is 2.65 bits per heavy atom. The molecule has 2 rings (SSSR count). The fourth-order valence-electron chi connectivity index (χ4n) is 1.51. The van der Waals surface area contributed by atoms with E-state index in [2.05, 4.69) is 26.5 Å². The number of sulfonamides is 1. The van der Waals surface area contributed by atoms with Crippen molar-refractivity contribution >= 4 is 10.0 Å². The minimum atomic E-state index is -3.55. The lowest BCUT2D eigenvalue weighted by Crippen LogP contribution is -2.23. The number of aromatic amines is 1. The van der Waals surface area contributed by atoms with E-state index in [4.69, 9.17) is 5.73 Å². The number of nitrogens with zero attached hydrogens (tertiary/aromatic N) is 1. The summed E-state index contributed by atoms with van der Waals surface area (Å²) in [6.07, 6.45) is 2.58. The summed E-state index contributed by atoms with van der Waals surface area (Å²) < 4.78 is 26.2. The summed E-state index contributed by atoms with van der Waals surface area (Å²) in [6.45, 7) is 0.512. The molecule has 0 atom stereocenters. The number of benzene rings is 1. The van der Waals surface area contributed by atoms with Gasteiger partial charge in [-0.2, -0.15) is 0 Å². The SMILES string of the molecule is NCC#Cc1ccc(CNS(=O)(=O)c2cnc[nH]2)cc1. The maximum absolute atomic E-state index is 11.9. The van der Waals surface area contributed by atoms with Gasteiger partial charge in [0.2, 0.25) is 0 Å². The van der Waals surface area contributed by atoms with E-state index in [1.807, 2.05) is 24.3 Å². The molecule has 2 aromatic rings. The van der Waals surface area contributed by atoms with Gasteiger partial charge in [-0.3, -0.25) is 0 Å². The molecule has 0 bridgehead atoms. The lowest BCUT2D eigenvalue weighted by molar-refractivity contribution is 0.578. The second-order valence-electron chi connectivity index (χ2n) is 3.94. The minimum absolute atomic E-state index is 0.0444. The van der Waals surface area contributed by atoms with Gasteiger partial charge >= 0.3 is 0 Å². The highest BCUT2D eigenvalue weighted by Crippen LogP contribution is 2.06. The van der Waals surface area contributed by atoms with E-state index >= 15 is 0 Å². The van der Waals surface area contributed by atoms with Crippen molar-refractivity contribution in [3.05, 3.63) is 47.9 Å². The number of rotatable bonds is 4. The van der Waals surface area contributed by atoms with Crippen LogP contribution in [0.15, 0.2) is 41.8 Å². The molecule has 0 saturated carbocycles. The van der Waals surface area contributed by atoms with Gasteiger partial charge in [-0.05, 0) is 17.7 Å². The lowest BCUT2D eigenvalue weighted by atomic mass is 10.1. The molecule has 0 spiro atoms. The molecule has 0 aliphatic rings. The van der Waals surface area contributed by atoms with Gasteiger partial charge in [0.05, 0.1) is 19.1 Å². The maximum Gasteiger partial charge on any atom is 0.257 e. The van der Waals surface area contributed by atoms with Crippen molar-refractivity contribution in [2.45, 2.75) is 11.6 Å². The van der Waals surface area contributed by atoms with E-state index in [9.17, 15) is 8.42 Å². The van der Waals surface area contributed by atoms with Crippen LogP contribution in [0.3, 0.4) is 0 Å². The fraction of sp³-hybridized carbons (Fsp3) is 0.154. The van der Waals surface area contributed by atoms with Crippen molar-refractivity contribution in [2.24, 2.45) is 5.73 Å². The number of hydrogen-bond acceptors (Lipinski definition) is 4. The summed E-state index contributed by atoms with van der Waals surface area (Å²) in [5.41, 5.74) is 6.97. The normalized spacial score (nSPS) is 10.8. The van der Waals surface area contributed by atoms with Gasteiger partial charge in [0.1, 0.15) is 0 Å². The molecule has 7 heteroatoms. The number of nitrogens with one attached hydrogen (secondary N) is 2. The summed E-state index contributed by atoms with van der Waals surface area (Å²) in [6, 6.07) is 7.27. The van der Waals surface area contributed by atoms with Crippen molar-refractivity contribution in [2.75, 3.05) is 6.54 Å². The molecule has 1 aromatic heterocycles. The Morgan fingerprint density at radius 2 is 2.05 bits per heavy atom. The largest absolute Gasteiger partial charge is 0.335 e. The van der Waals surface area contributed by atoms with E-state index in [0.29, 0.717) is 6.54 Å². The Morgan fingerprint density at radius 1 is 1.30 bits per heavy atom. The second-order valence-corrected chi connectivity index (χ2v) is 5.68. The molecule has 0 unspecified atom stereocenters. The number of nitrogens with two attached hydrogens (primary N) is 1. The van der Waals surface area contributed by atoms with Crippen LogP contribution < -0.4 is 10.5 Å². The average Bonchev–Trinajstić information content (AvgIpc) is 2.99. The quantitative estimate of drug-likeness (QED) is 0.700. The third-order valence-corrected chi connectivity index (χ3v) is 3.84. The highest BCUT2D eigenvalue weighted by Gasteiger charge is 2.14. The highest BCUT2D eigenvalue weighted by atomic mass is 32.2. The Bertz CT molecular complexity index is 710. The molecule has 0 amide bonds. The number of H-pyrrole nitrogens is 1. The third-order valence-electron chi connectivity index (χ3n) is 2.52. The molecule has 6 nitrogen and oxygen atoms in total. The third kappa shape index (κ3) is 3.68. The Balaban J connectivity index is 2.01. The molecule has 0 aliphatic carbocycles. The topological polar surface area (TPSA) is 101 Å². The van der Waals surface area contributed by atoms with Gasteiger partial charge in [0, 0.05) is 12.1 Å². The van der Waals surface area contributed by atoms with E-state index in [0.717, 1.165) is 11.1 Å². The van der Waals surface area contributed by atoms with Crippen molar-refractivity contribution in [3.8, 4) is 11.8 Å². The van der Waals surface area contributed by atoms with Crippen molar-refractivity contribution in [1.29, 1.82) is 0 Å². The van der Waals surface area contributed by atoms with Crippen molar-refractivity contribution in [3.63, 3.8) is 0 Å². The van der Waals surface area contributed by atoms with Crippen LogP contribution in [-0.4, -0.2) is 24.9 Å². The molecule has 104 valence electrons. The number of hydrogen-bond donors (Lipinski definition) is 3. The first-order valence-electron chi connectivity index (χ1n) is 5.88. The molecular weight excluding hydrogens is 276 g/mol. The molecule has 1 aromatic carbocycles. The van der Waals surface area contributed by atoms with Crippen molar-refractivity contribution < 1.29 is 8.42 Å². The molecule has 1 heterocycles. The van der Waals surface area contributed by atoms with Gasteiger partial charge in [-0.15, -0.1) is 0 Å². The molecule has 0 saturated heterocycles. The smallest absolute Gasteiger partial charge is 0.257 e. The zero-order valence-electron chi connectivity index (χ0n) is 10.6. The molecule has 0 fully saturated rings. The highest BCUT2D eigenvalue weighted by molar-refractivity contribution is 7.89. The maximum atomic E-state index is 11.9. The van der Waals surface area contributed by atoms with Gasteiger partial charge in [-0.1, -0.05) is 24.0 Å². The predicted octanol–water partition coefficient (Wildman–Crippen LogP) is 0.198. The number of aromatic nitrogens is 2. The van der Waals surface area contributed by atoms with Crippen LogP contribution in [0.4, 0.5) is 0 Å². The first-order chi connectivity index (χ1) is 9.62. The summed E-state index contributed by atoms with van der Waals surface area (Å²) in [5, 5.41) is 0.0444. The van der Waals surface area contributed by atoms with Crippen LogP contribution in [0, 0.1) is 11.8 Å². The zero-order valence-corrected chi connectivity index (χ0v) is 11.4. The zero-order chi connectivity index (χ0) is 14.4. The Kier molecular flexibility index (Phi) is 4.53. The van der Waals surface area contributed by atoms with Crippen LogP contribution in [0.1, 0.15) is 11.1 Å². The summed E-state index contributed by atoms with van der Waals surface area (Å²) in [7, 11) is -3.55. The summed E-state index contributed by atoms with van der Waals surface area (Å²) in [5.74, 6) is 5.65. The van der Waals surface area contributed by atoms with Gasteiger partial charge in [0.15, 0.2) is 5.03 Å². The van der Waals surface area contributed by atoms with Crippen LogP contribution in [0.5, 0.6) is 0 Å². The second kappa shape index (κ2) is 6.34. The number of imidazole rings is 1. The molecule has 4 N–H and O–H groups in total. The van der Waals surface area contributed by atoms with Gasteiger partial charge in [-0.25, -0.2) is 18.1 Å². The van der Waals surface area contributed by atoms with Crippen LogP contribution in [0.25, 0.3) is 0 Å². The standard InChI is InChI=1S/C13H14N4O2S/c14-7-1-2-11-3-5-12(6-4-11)8-17-20(18,19)13-9-15-10-16-13/h3-6,9-10,17H,7-8,14H2,(H,15,16). The Hall–Kier alpha value is -2.14. The monoisotopic (exact) mass is 290 g/mol. The molecule has 20 heavy (non-hydrogen) atoms. The van der Waals surface area contributed by atoms with E-state index in [1.54, 1.807) is 0 Å². The van der Waals surface area contributed by atoms with Crippen molar-refractivity contribution in [1.82, 2.24) is 14.7 Å². The first kappa shape index (κ1) is 14.3.